The summed E-state index contributed by atoms with van der Waals surface area (Å²) in [6, 6.07) is 13.7. The molecular formula is C20H24N2O2. The third kappa shape index (κ3) is 4.95. The first-order chi connectivity index (χ1) is 11.5. The highest BCUT2D eigenvalue weighted by molar-refractivity contribution is 6.00. The van der Waals surface area contributed by atoms with Gasteiger partial charge in [0.2, 0.25) is 5.91 Å². The Hall–Kier alpha value is -2.62. The lowest BCUT2D eigenvalue weighted by molar-refractivity contribution is -0.120. The number of nitrogens with zero attached hydrogens (tertiary/aromatic N) is 1. The Balaban J connectivity index is 1.96. The van der Waals surface area contributed by atoms with E-state index in [1.54, 1.807) is 0 Å². The first-order valence-electron chi connectivity index (χ1n) is 8.12. The molecule has 126 valence electrons. The van der Waals surface area contributed by atoms with Crippen molar-refractivity contribution >= 4 is 11.6 Å². The summed E-state index contributed by atoms with van der Waals surface area (Å²) in [4.78, 5) is 12.0. The van der Waals surface area contributed by atoms with Crippen LogP contribution in [0.1, 0.15) is 36.1 Å². The Labute approximate surface area is 143 Å². The van der Waals surface area contributed by atoms with E-state index in [4.69, 9.17) is 4.74 Å². The van der Waals surface area contributed by atoms with Gasteiger partial charge in [0.05, 0.1) is 18.7 Å². The summed E-state index contributed by atoms with van der Waals surface area (Å²) in [5, 5.41) is 4.22. The maximum atomic E-state index is 12.0. The van der Waals surface area contributed by atoms with Gasteiger partial charge in [-0.15, -0.1) is 0 Å². The number of nitrogens with one attached hydrogen (secondary N) is 1. The number of hydrogen-bond acceptors (Lipinski definition) is 3. The van der Waals surface area contributed by atoms with Crippen molar-refractivity contribution in [2.45, 2.75) is 34.1 Å². The standard InChI is InChI=1S/C20H24N2O2/c1-5-24-18-9-7-17(8-10-18)13-20(23)22-21-16(4)19-11-6-14(2)12-15(19)3/h6-12H,5,13H2,1-4H3,(H,22,23)/b21-16-. The predicted octanol–water partition coefficient (Wildman–Crippen LogP) is 3.79. The summed E-state index contributed by atoms with van der Waals surface area (Å²) in [6.45, 7) is 8.57. The van der Waals surface area contributed by atoms with E-state index in [2.05, 4.69) is 23.5 Å². The van der Waals surface area contributed by atoms with E-state index in [9.17, 15) is 4.79 Å². The summed E-state index contributed by atoms with van der Waals surface area (Å²) in [6.07, 6.45) is 0.288. The van der Waals surface area contributed by atoms with Crippen LogP contribution in [0.2, 0.25) is 0 Å². The molecule has 4 heteroatoms. The van der Waals surface area contributed by atoms with Crippen LogP contribution in [0.15, 0.2) is 47.6 Å². The van der Waals surface area contributed by atoms with Gasteiger partial charge in [0.1, 0.15) is 5.75 Å². The van der Waals surface area contributed by atoms with E-state index >= 15 is 0 Å². The lowest BCUT2D eigenvalue weighted by Gasteiger charge is -2.07. The molecule has 0 saturated heterocycles. The molecule has 4 nitrogen and oxygen atoms in total. The minimum Gasteiger partial charge on any atom is -0.494 e. The summed E-state index contributed by atoms with van der Waals surface area (Å²) in [5.74, 6) is 0.675. The second-order valence-electron chi connectivity index (χ2n) is 5.80. The Morgan fingerprint density at radius 2 is 1.83 bits per heavy atom. The first kappa shape index (κ1) is 17.7. The van der Waals surface area contributed by atoms with Crippen LogP contribution < -0.4 is 10.2 Å². The summed E-state index contributed by atoms with van der Waals surface area (Å²) >= 11 is 0. The van der Waals surface area contributed by atoms with Crippen molar-refractivity contribution in [2.24, 2.45) is 5.10 Å². The van der Waals surface area contributed by atoms with E-state index in [1.165, 1.54) is 5.56 Å². The molecule has 2 rings (SSSR count). The number of carbonyl (C=O) groups excluding carboxylic acids is 1. The smallest absolute Gasteiger partial charge is 0.244 e. The van der Waals surface area contributed by atoms with Gasteiger partial charge < -0.3 is 4.74 Å². The van der Waals surface area contributed by atoms with Crippen LogP contribution in [0.25, 0.3) is 0 Å². The van der Waals surface area contributed by atoms with Crippen LogP contribution in [-0.4, -0.2) is 18.2 Å². The van der Waals surface area contributed by atoms with Gasteiger partial charge in [0, 0.05) is 5.56 Å². The van der Waals surface area contributed by atoms with Crippen LogP contribution in [0.5, 0.6) is 5.75 Å². The van der Waals surface area contributed by atoms with Crippen molar-refractivity contribution in [1.29, 1.82) is 0 Å². The van der Waals surface area contributed by atoms with Gasteiger partial charge in [-0.1, -0.05) is 35.9 Å². The van der Waals surface area contributed by atoms with Crippen LogP contribution in [0, 0.1) is 13.8 Å². The highest BCUT2D eigenvalue weighted by Crippen LogP contribution is 2.13. The van der Waals surface area contributed by atoms with Gasteiger partial charge in [-0.05, 0) is 51.0 Å². The highest BCUT2D eigenvalue weighted by Gasteiger charge is 2.05. The quantitative estimate of drug-likeness (QED) is 0.649. The molecule has 1 N–H and O–H groups in total. The van der Waals surface area contributed by atoms with Gasteiger partial charge in [-0.2, -0.15) is 5.10 Å². The largest absolute Gasteiger partial charge is 0.494 e. The van der Waals surface area contributed by atoms with Crippen LogP contribution in [-0.2, 0) is 11.2 Å². The molecule has 2 aromatic carbocycles. The van der Waals surface area contributed by atoms with Crippen molar-refractivity contribution in [2.75, 3.05) is 6.61 Å². The fraction of sp³-hybridized carbons (Fsp3) is 0.300. The fourth-order valence-electron chi connectivity index (χ4n) is 2.52. The number of benzene rings is 2. The molecule has 0 bridgehead atoms. The maximum Gasteiger partial charge on any atom is 0.244 e. The van der Waals surface area contributed by atoms with Gasteiger partial charge in [-0.3, -0.25) is 4.79 Å². The third-order valence-electron chi connectivity index (χ3n) is 3.72. The Bertz CT molecular complexity index is 734. The number of rotatable bonds is 6. The molecule has 0 heterocycles. The molecule has 0 unspecified atom stereocenters. The monoisotopic (exact) mass is 324 g/mol. The molecule has 0 aromatic heterocycles. The second kappa shape index (κ2) is 8.29. The van der Waals surface area contributed by atoms with Crippen LogP contribution in [0.3, 0.4) is 0 Å². The number of hydrogen-bond donors (Lipinski definition) is 1. The number of ether oxygens (including phenoxy) is 1. The van der Waals surface area contributed by atoms with Crippen molar-refractivity contribution in [3.8, 4) is 5.75 Å². The Morgan fingerprint density at radius 1 is 1.12 bits per heavy atom. The molecule has 0 fully saturated rings. The molecule has 24 heavy (non-hydrogen) atoms. The molecule has 1 amide bonds. The fourth-order valence-corrected chi connectivity index (χ4v) is 2.52. The van der Waals surface area contributed by atoms with Gasteiger partial charge in [-0.25, -0.2) is 5.43 Å². The number of amides is 1. The average molecular weight is 324 g/mol. The molecule has 0 radical (unpaired) electrons. The summed E-state index contributed by atoms with van der Waals surface area (Å²) in [5.41, 5.74) is 7.76. The molecule has 2 aromatic rings. The zero-order valence-corrected chi connectivity index (χ0v) is 14.7. The first-order valence-corrected chi connectivity index (χ1v) is 8.12. The summed E-state index contributed by atoms with van der Waals surface area (Å²) in [7, 11) is 0. The number of hydrazone groups is 1. The minimum absolute atomic E-state index is 0.136. The number of aryl methyl sites for hydroxylation is 2. The van der Waals surface area contributed by atoms with Crippen molar-refractivity contribution in [3.05, 3.63) is 64.7 Å². The van der Waals surface area contributed by atoms with E-state index in [-0.39, 0.29) is 12.3 Å². The molecule has 0 aliphatic heterocycles. The van der Waals surface area contributed by atoms with E-state index in [1.807, 2.05) is 57.2 Å². The average Bonchev–Trinajstić information content (AvgIpc) is 2.55. The Morgan fingerprint density at radius 3 is 2.46 bits per heavy atom. The van der Waals surface area contributed by atoms with Gasteiger partial charge in [0.25, 0.3) is 0 Å². The van der Waals surface area contributed by atoms with Crippen LogP contribution >= 0.6 is 0 Å². The SMILES string of the molecule is CCOc1ccc(CC(=O)N/N=C(/C)c2ccc(C)cc2C)cc1. The molecule has 0 aliphatic rings. The normalized spacial score (nSPS) is 11.2. The van der Waals surface area contributed by atoms with Crippen molar-refractivity contribution < 1.29 is 9.53 Å². The van der Waals surface area contributed by atoms with E-state index < -0.39 is 0 Å². The zero-order chi connectivity index (χ0) is 17.5. The van der Waals surface area contributed by atoms with Crippen molar-refractivity contribution in [3.63, 3.8) is 0 Å². The molecule has 0 aliphatic carbocycles. The molecule has 0 spiro atoms. The maximum absolute atomic E-state index is 12.0. The molecule has 0 atom stereocenters. The van der Waals surface area contributed by atoms with Gasteiger partial charge in [0.15, 0.2) is 0 Å². The zero-order valence-electron chi connectivity index (χ0n) is 14.7. The van der Waals surface area contributed by atoms with Crippen molar-refractivity contribution in [1.82, 2.24) is 5.43 Å². The molecule has 0 saturated carbocycles. The number of carbonyl (C=O) groups is 1. The highest BCUT2D eigenvalue weighted by atomic mass is 16.5. The lowest BCUT2D eigenvalue weighted by atomic mass is 10.0. The van der Waals surface area contributed by atoms with Gasteiger partial charge >= 0.3 is 0 Å². The Kier molecular flexibility index (Phi) is 6.13. The molecular weight excluding hydrogens is 300 g/mol. The predicted molar refractivity (Wildman–Crippen MR) is 97.6 cm³/mol. The second-order valence-corrected chi connectivity index (χ2v) is 5.80. The summed E-state index contributed by atoms with van der Waals surface area (Å²) < 4.78 is 5.39. The third-order valence-corrected chi connectivity index (χ3v) is 3.72. The van der Waals surface area contributed by atoms with E-state index in [0.717, 1.165) is 28.2 Å². The van der Waals surface area contributed by atoms with Crippen LogP contribution in [0.4, 0.5) is 0 Å². The minimum atomic E-state index is -0.136. The lowest BCUT2D eigenvalue weighted by Crippen LogP contribution is -2.21. The topological polar surface area (TPSA) is 50.7 Å². The van der Waals surface area contributed by atoms with E-state index in [0.29, 0.717) is 6.61 Å².